The van der Waals surface area contributed by atoms with Gasteiger partial charge >= 0.3 is 0 Å². The Labute approximate surface area is 197 Å². The highest BCUT2D eigenvalue weighted by Crippen LogP contribution is 2.23. The number of hydrogen-bond acceptors (Lipinski definition) is 5. The van der Waals surface area contributed by atoms with Gasteiger partial charge in [-0.05, 0) is 38.1 Å². The van der Waals surface area contributed by atoms with Crippen molar-refractivity contribution in [2.75, 3.05) is 5.32 Å². The van der Waals surface area contributed by atoms with E-state index in [4.69, 9.17) is 20.9 Å². The number of halogens is 4. The second-order valence-corrected chi connectivity index (χ2v) is 7.82. The second-order valence-electron chi connectivity index (χ2n) is 7.41. The number of nitrogens with one attached hydrogen (secondary N) is 1. The molecule has 0 aliphatic heterocycles. The molecule has 0 aliphatic carbocycles. The number of benzene rings is 2. The van der Waals surface area contributed by atoms with Crippen LogP contribution in [0.3, 0.4) is 0 Å². The van der Waals surface area contributed by atoms with Gasteiger partial charge in [0.2, 0.25) is 0 Å². The molecule has 0 saturated carbocycles. The highest BCUT2D eigenvalue weighted by Gasteiger charge is 2.22. The summed E-state index contributed by atoms with van der Waals surface area (Å²) < 4.78 is 53.0. The van der Waals surface area contributed by atoms with Crippen LogP contribution in [-0.2, 0) is 13.2 Å². The Kier molecular flexibility index (Phi) is 6.60. The van der Waals surface area contributed by atoms with Crippen molar-refractivity contribution in [2.45, 2.75) is 27.0 Å². The number of amides is 1. The van der Waals surface area contributed by atoms with Crippen molar-refractivity contribution < 1.29 is 27.2 Å². The molecule has 0 atom stereocenters. The summed E-state index contributed by atoms with van der Waals surface area (Å²) in [5, 5.41) is 10.9. The number of carbonyl (C=O) groups is 1. The van der Waals surface area contributed by atoms with Crippen molar-refractivity contribution in [3.05, 3.63) is 93.2 Å². The number of aromatic nitrogens is 3. The lowest BCUT2D eigenvalue weighted by Gasteiger charge is -2.08. The first-order chi connectivity index (χ1) is 16.2. The van der Waals surface area contributed by atoms with E-state index in [1.165, 1.54) is 16.8 Å². The van der Waals surface area contributed by atoms with Crippen molar-refractivity contribution in [3.8, 4) is 5.75 Å². The third-order valence-corrected chi connectivity index (χ3v) is 5.41. The third-order valence-electron chi connectivity index (χ3n) is 5.06. The first-order valence-corrected chi connectivity index (χ1v) is 10.4. The van der Waals surface area contributed by atoms with Gasteiger partial charge in [-0.25, -0.2) is 13.2 Å². The van der Waals surface area contributed by atoms with Crippen molar-refractivity contribution >= 4 is 23.3 Å². The normalized spacial score (nSPS) is 11.0. The van der Waals surface area contributed by atoms with Crippen LogP contribution in [0.15, 0.2) is 47.0 Å². The molecule has 0 spiro atoms. The Morgan fingerprint density at radius 3 is 2.65 bits per heavy atom. The molecular formula is C23H18ClF3N4O3. The summed E-state index contributed by atoms with van der Waals surface area (Å²) >= 11 is 6.09. The maximum atomic E-state index is 14.1. The van der Waals surface area contributed by atoms with Gasteiger partial charge in [0.1, 0.15) is 24.0 Å². The van der Waals surface area contributed by atoms with Crippen LogP contribution in [0.5, 0.6) is 5.75 Å². The van der Waals surface area contributed by atoms with E-state index in [0.29, 0.717) is 17.5 Å². The molecule has 7 nitrogen and oxygen atoms in total. The average Bonchev–Trinajstić information content (AvgIpc) is 3.31. The maximum absolute atomic E-state index is 14.1. The molecule has 4 aromatic rings. The minimum Gasteiger partial charge on any atom is -0.486 e. The summed E-state index contributed by atoms with van der Waals surface area (Å²) in [7, 11) is 0. The van der Waals surface area contributed by atoms with Crippen molar-refractivity contribution in [1.29, 1.82) is 0 Å². The Hall–Kier alpha value is -3.79. The number of ether oxygens (including phenoxy) is 1. The quantitative estimate of drug-likeness (QED) is 0.373. The zero-order valence-electron chi connectivity index (χ0n) is 18.0. The summed E-state index contributed by atoms with van der Waals surface area (Å²) in [6.07, 6.45) is 0. The topological polar surface area (TPSA) is 82.2 Å². The van der Waals surface area contributed by atoms with Crippen molar-refractivity contribution in [1.82, 2.24) is 14.9 Å². The van der Waals surface area contributed by atoms with Crippen LogP contribution in [0.1, 0.15) is 33.1 Å². The molecule has 176 valence electrons. The number of aryl methyl sites for hydroxylation is 2. The van der Waals surface area contributed by atoms with Crippen LogP contribution < -0.4 is 10.1 Å². The number of rotatable bonds is 7. The van der Waals surface area contributed by atoms with Gasteiger partial charge in [0.05, 0.1) is 12.1 Å². The number of anilines is 1. The maximum Gasteiger partial charge on any atom is 0.279 e. The molecule has 34 heavy (non-hydrogen) atoms. The highest BCUT2D eigenvalue weighted by molar-refractivity contribution is 6.31. The number of carbonyl (C=O) groups excluding carboxylic acids is 1. The molecule has 0 aliphatic rings. The second kappa shape index (κ2) is 9.60. The minimum absolute atomic E-state index is 0.0681. The first kappa shape index (κ1) is 23.4. The fraction of sp³-hybridized carbons (Fsp3) is 0.174. The Morgan fingerprint density at radius 1 is 1.12 bits per heavy atom. The van der Waals surface area contributed by atoms with Crippen molar-refractivity contribution in [2.24, 2.45) is 0 Å². The molecule has 2 heterocycles. The van der Waals surface area contributed by atoms with Gasteiger partial charge in [0, 0.05) is 28.4 Å². The Morgan fingerprint density at radius 2 is 1.91 bits per heavy atom. The zero-order chi connectivity index (χ0) is 24.4. The van der Waals surface area contributed by atoms with Crippen LogP contribution in [-0.4, -0.2) is 20.8 Å². The lowest BCUT2D eigenvalue weighted by atomic mass is 10.2. The first-order valence-electron chi connectivity index (χ1n) is 10.0. The standard InChI is InChI=1S/C23H18ClF3N4O3/c1-12-8-21(29-31(12)10-15-17(24)4-3-5-18(15)26)28-23(32)22-16(13(2)34-30-22)11-33-20-7-6-14(25)9-19(20)27/h3-9H,10-11H2,1-2H3,(H,28,29,32). The van der Waals surface area contributed by atoms with Gasteiger partial charge in [0.15, 0.2) is 23.1 Å². The molecular weight excluding hydrogens is 473 g/mol. The van der Waals surface area contributed by atoms with E-state index >= 15 is 0 Å². The SMILES string of the molecule is Cc1onc(C(=O)Nc2cc(C)n(Cc3c(F)cccc3Cl)n2)c1COc1ccc(F)cc1F. The molecule has 1 amide bonds. The van der Waals surface area contributed by atoms with Gasteiger partial charge in [-0.3, -0.25) is 9.48 Å². The molecule has 2 aromatic heterocycles. The van der Waals surface area contributed by atoms with E-state index in [1.54, 1.807) is 26.0 Å². The number of hydrogen-bond donors (Lipinski definition) is 1. The summed E-state index contributed by atoms with van der Waals surface area (Å²) in [5.74, 6) is -2.41. The van der Waals surface area contributed by atoms with E-state index in [0.717, 1.165) is 12.1 Å². The van der Waals surface area contributed by atoms with E-state index in [1.807, 2.05) is 0 Å². The summed E-state index contributed by atoms with van der Waals surface area (Å²) in [6.45, 7) is 3.15. The zero-order valence-corrected chi connectivity index (χ0v) is 18.8. The summed E-state index contributed by atoms with van der Waals surface area (Å²) in [5.41, 5.74) is 1.13. The fourth-order valence-corrected chi connectivity index (χ4v) is 3.44. The fourth-order valence-electron chi connectivity index (χ4n) is 3.22. The van der Waals surface area contributed by atoms with Gasteiger partial charge < -0.3 is 14.6 Å². The number of nitrogens with zero attached hydrogens (tertiary/aromatic N) is 3. The smallest absolute Gasteiger partial charge is 0.279 e. The van der Waals surface area contributed by atoms with Gasteiger partial charge in [0.25, 0.3) is 5.91 Å². The van der Waals surface area contributed by atoms with Crippen LogP contribution >= 0.6 is 11.6 Å². The average molecular weight is 491 g/mol. The van der Waals surface area contributed by atoms with Gasteiger partial charge in [-0.2, -0.15) is 5.10 Å². The minimum atomic E-state index is -0.879. The van der Waals surface area contributed by atoms with E-state index in [9.17, 15) is 18.0 Å². The summed E-state index contributed by atoms with van der Waals surface area (Å²) in [6, 6.07) is 8.88. The summed E-state index contributed by atoms with van der Waals surface area (Å²) in [4.78, 5) is 12.8. The highest BCUT2D eigenvalue weighted by atomic mass is 35.5. The molecule has 0 bridgehead atoms. The molecule has 2 aromatic carbocycles. The predicted molar refractivity (Wildman–Crippen MR) is 117 cm³/mol. The Bertz CT molecular complexity index is 1350. The molecule has 0 unspecified atom stereocenters. The van der Waals surface area contributed by atoms with E-state index in [-0.39, 0.29) is 46.6 Å². The molecule has 4 rings (SSSR count). The molecule has 1 N–H and O–H groups in total. The predicted octanol–water partition coefficient (Wildman–Crippen LogP) is 5.44. The van der Waals surface area contributed by atoms with E-state index < -0.39 is 23.4 Å². The van der Waals surface area contributed by atoms with Crippen molar-refractivity contribution in [3.63, 3.8) is 0 Å². The molecule has 0 fully saturated rings. The van der Waals surface area contributed by atoms with Crippen LogP contribution in [0.4, 0.5) is 19.0 Å². The monoisotopic (exact) mass is 490 g/mol. The lowest BCUT2D eigenvalue weighted by molar-refractivity contribution is 0.101. The lowest BCUT2D eigenvalue weighted by Crippen LogP contribution is -2.16. The molecule has 0 radical (unpaired) electrons. The molecule has 11 heteroatoms. The van der Waals surface area contributed by atoms with Gasteiger partial charge in [-0.1, -0.05) is 22.8 Å². The van der Waals surface area contributed by atoms with Crippen LogP contribution in [0, 0.1) is 31.3 Å². The third kappa shape index (κ3) is 4.91. The van der Waals surface area contributed by atoms with E-state index in [2.05, 4.69) is 15.6 Å². The van der Waals surface area contributed by atoms with Gasteiger partial charge in [-0.15, -0.1) is 0 Å². The Balaban J connectivity index is 1.49. The largest absolute Gasteiger partial charge is 0.486 e. The van der Waals surface area contributed by atoms with Crippen LogP contribution in [0.25, 0.3) is 0 Å². The van der Waals surface area contributed by atoms with Crippen LogP contribution in [0.2, 0.25) is 5.02 Å². The molecule has 0 saturated heterocycles.